The van der Waals surface area contributed by atoms with Gasteiger partial charge in [-0.3, -0.25) is 0 Å². The average molecular weight is 254 g/mol. The molecular weight excluding hydrogens is 232 g/mol. The van der Waals surface area contributed by atoms with Gasteiger partial charge in [-0.1, -0.05) is 31.5 Å². The zero-order valence-electron chi connectivity index (χ0n) is 10.6. The predicted molar refractivity (Wildman–Crippen MR) is 72.3 cm³/mol. The molecule has 96 valence electrons. The predicted octanol–water partition coefficient (Wildman–Crippen LogP) is 3.07. The molecule has 1 heterocycles. The van der Waals surface area contributed by atoms with E-state index >= 15 is 0 Å². The van der Waals surface area contributed by atoms with E-state index in [0.29, 0.717) is 0 Å². The number of nitrogens with zero attached hydrogens (tertiary/aromatic N) is 2. The fraction of sp³-hybridized carbons (Fsp3) is 0.692. The highest BCUT2D eigenvalue weighted by atomic mass is 32.2. The highest BCUT2D eigenvalue weighted by Gasteiger charge is 2.00. The molecule has 0 unspecified atom stereocenters. The second kappa shape index (κ2) is 9.42. The Morgan fingerprint density at radius 3 is 2.88 bits per heavy atom. The molecule has 0 saturated carbocycles. The number of aromatic nitrogens is 2. The summed E-state index contributed by atoms with van der Waals surface area (Å²) in [5, 5.41) is 9.56. The number of aliphatic hydroxyl groups is 1. The SMILES string of the molecule is CCCCCc1ccnc(SCCCCO)n1. The van der Waals surface area contributed by atoms with E-state index in [1.54, 1.807) is 11.8 Å². The van der Waals surface area contributed by atoms with E-state index in [1.165, 1.54) is 19.3 Å². The maximum absolute atomic E-state index is 8.69. The molecule has 0 aliphatic carbocycles. The van der Waals surface area contributed by atoms with Gasteiger partial charge in [-0.25, -0.2) is 9.97 Å². The van der Waals surface area contributed by atoms with Crippen LogP contribution in [0.4, 0.5) is 0 Å². The average Bonchev–Trinajstić information content (AvgIpc) is 2.36. The first-order chi connectivity index (χ1) is 8.36. The van der Waals surface area contributed by atoms with E-state index in [2.05, 4.69) is 16.9 Å². The molecule has 1 rings (SSSR count). The van der Waals surface area contributed by atoms with Crippen molar-refractivity contribution in [1.29, 1.82) is 0 Å². The van der Waals surface area contributed by atoms with Crippen molar-refractivity contribution in [2.24, 2.45) is 0 Å². The van der Waals surface area contributed by atoms with Gasteiger partial charge in [-0.05, 0) is 31.7 Å². The van der Waals surface area contributed by atoms with Crippen LogP contribution in [0.2, 0.25) is 0 Å². The molecule has 0 aromatic carbocycles. The van der Waals surface area contributed by atoms with Crippen LogP contribution in [0.25, 0.3) is 0 Å². The van der Waals surface area contributed by atoms with E-state index in [-0.39, 0.29) is 6.61 Å². The van der Waals surface area contributed by atoms with Gasteiger partial charge in [-0.2, -0.15) is 0 Å². The smallest absolute Gasteiger partial charge is 0.187 e. The number of rotatable bonds is 9. The van der Waals surface area contributed by atoms with Crippen molar-refractivity contribution >= 4 is 11.8 Å². The van der Waals surface area contributed by atoms with Crippen molar-refractivity contribution in [2.45, 2.75) is 50.6 Å². The van der Waals surface area contributed by atoms with E-state index in [0.717, 1.165) is 35.9 Å². The van der Waals surface area contributed by atoms with Gasteiger partial charge in [0.25, 0.3) is 0 Å². The Morgan fingerprint density at radius 1 is 1.24 bits per heavy atom. The summed E-state index contributed by atoms with van der Waals surface area (Å²) in [5.41, 5.74) is 1.15. The van der Waals surface area contributed by atoms with Gasteiger partial charge in [0.2, 0.25) is 0 Å². The summed E-state index contributed by atoms with van der Waals surface area (Å²) < 4.78 is 0. The van der Waals surface area contributed by atoms with Crippen molar-refractivity contribution in [3.05, 3.63) is 18.0 Å². The summed E-state index contributed by atoms with van der Waals surface area (Å²) in [6, 6.07) is 2.01. The van der Waals surface area contributed by atoms with Crippen LogP contribution in [0, 0.1) is 0 Å². The Balaban J connectivity index is 2.31. The fourth-order valence-corrected chi connectivity index (χ4v) is 2.37. The summed E-state index contributed by atoms with van der Waals surface area (Å²) >= 11 is 1.68. The summed E-state index contributed by atoms with van der Waals surface area (Å²) in [4.78, 5) is 8.79. The number of hydrogen-bond acceptors (Lipinski definition) is 4. The molecule has 1 aromatic heterocycles. The maximum Gasteiger partial charge on any atom is 0.187 e. The second-order valence-electron chi connectivity index (χ2n) is 4.07. The number of aryl methyl sites for hydroxylation is 1. The molecule has 1 N–H and O–H groups in total. The summed E-state index contributed by atoms with van der Waals surface area (Å²) in [6.45, 7) is 2.49. The minimum absolute atomic E-state index is 0.276. The van der Waals surface area contributed by atoms with E-state index in [9.17, 15) is 0 Å². The van der Waals surface area contributed by atoms with Crippen LogP contribution in [0.15, 0.2) is 17.4 Å². The van der Waals surface area contributed by atoms with Crippen molar-refractivity contribution in [3.8, 4) is 0 Å². The number of unbranched alkanes of at least 4 members (excludes halogenated alkanes) is 3. The van der Waals surface area contributed by atoms with E-state index < -0.39 is 0 Å². The second-order valence-corrected chi connectivity index (χ2v) is 5.13. The topological polar surface area (TPSA) is 46.0 Å². The van der Waals surface area contributed by atoms with E-state index in [4.69, 9.17) is 5.11 Å². The first-order valence-electron chi connectivity index (χ1n) is 6.42. The highest BCUT2D eigenvalue weighted by Crippen LogP contribution is 2.15. The monoisotopic (exact) mass is 254 g/mol. The number of thioether (sulfide) groups is 1. The van der Waals surface area contributed by atoms with Gasteiger partial charge in [0.1, 0.15) is 0 Å². The minimum atomic E-state index is 0.276. The van der Waals surface area contributed by atoms with Gasteiger partial charge in [-0.15, -0.1) is 0 Å². The third-order valence-electron chi connectivity index (χ3n) is 2.51. The van der Waals surface area contributed by atoms with Crippen molar-refractivity contribution in [3.63, 3.8) is 0 Å². The zero-order chi connectivity index (χ0) is 12.3. The molecule has 0 aliphatic rings. The lowest BCUT2D eigenvalue weighted by molar-refractivity contribution is 0.287. The molecule has 0 radical (unpaired) electrons. The zero-order valence-corrected chi connectivity index (χ0v) is 11.4. The molecule has 0 bridgehead atoms. The Kier molecular flexibility index (Phi) is 8.01. The van der Waals surface area contributed by atoms with Crippen LogP contribution in [-0.4, -0.2) is 27.4 Å². The lowest BCUT2D eigenvalue weighted by Crippen LogP contribution is -1.95. The lowest BCUT2D eigenvalue weighted by atomic mass is 10.1. The molecule has 0 saturated heterocycles. The Hall–Kier alpha value is -0.610. The quantitative estimate of drug-likeness (QED) is 0.418. The molecule has 0 spiro atoms. The fourth-order valence-electron chi connectivity index (χ4n) is 1.52. The molecule has 0 atom stereocenters. The maximum atomic E-state index is 8.69. The first kappa shape index (κ1) is 14.5. The summed E-state index contributed by atoms with van der Waals surface area (Å²) in [6.07, 6.45) is 8.51. The Labute approximate surface area is 108 Å². The van der Waals surface area contributed by atoms with Crippen LogP contribution in [0.5, 0.6) is 0 Å². The van der Waals surface area contributed by atoms with Crippen LogP contribution in [0.1, 0.15) is 44.7 Å². The first-order valence-corrected chi connectivity index (χ1v) is 7.41. The van der Waals surface area contributed by atoms with Crippen LogP contribution < -0.4 is 0 Å². The van der Waals surface area contributed by atoms with Gasteiger partial charge < -0.3 is 5.11 Å². The molecule has 0 fully saturated rings. The Morgan fingerprint density at radius 2 is 2.12 bits per heavy atom. The van der Waals surface area contributed by atoms with Gasteiger partial charge in [0, 0.05) is 24.3 Å². The minimum Gasteiger partial charge on any atom is -0.396 e. The number of aliphatic hydroxyl groups excluding tert-OH is 1. The molecule has 1 aromatic rings. The number of hydrogen-bond donors (Lipinski definition) is 1. The van der Waals surface area contributed by atoms with Gasteiger partial charge in [0.05, 0.1) is 0 Å². The summed E-state index contributed by atoms with van der Waals surface area (Å²) in [5.74, 6) is 0.985. The van der Waals surface area contributed by atoms with Crippen LogP contribution >= 0.6 is 11.8 Å². The van der Waals surface area contributed by atoms with Gasteiger partial charge in [0.15, 0.2) is 5.16 Å². The van der Waals surface area contributed by atoms with Crippen molar-refractivity contribution in [1.82, 2.24) is 9.97 Å². The molecule has 0 amide bonds. The third kappa shape index (κ3) is 6.64. The van der Waals surface area contributed by atoms with E-state index in [1.807, 2.05) is 12.3 Å². The van der Waals surface area contributed by atoms with Crippen LogP contribution in [-0.2, 0) is 6.42 Å². The third-order valence-corrected chi connectivity index (χ3v) is 3.46. The standard InChI is InChI=1S/C13H22N2OS/c1-2-3-4-7-12-8-9-14-13(15-12)17-11-6-5-10-16/h8-9,16H,2-7,10-11H2,1H3. The Bertz CT molecular complexity index is 307. The molecular formula is C13H22N2OS. The lowest BCUT2D eigenvalue weighted by Gasteiger charge is -2.03. The highest BCUT2D eigenvalue weighted by molar-refractivity contribution is 7.99. The van der Waals surface area contributed by atoms with Gasteiger partial charge >= 0.3 is 0 Å². The summed E-state index contributed by atoms with van der Waals surface area (Å²) in [7, 11) is 0. The molecule has 17 heavy (non-hydrogen) atoms. The van der Waals surface area contributed by atoms with Crippen molar-refractivity contribution in [2.75, 3.05) is 12.4 Å². The normalized spacial score (nSPS) is 10.7. The van der Waals surface area contributed by atoms with Crippen molar-refractivity contribution < 1.29 is 5.11 Å². The molecule has 4 heteroatoms. The van der Waals surface area contributed by atoms with Crippen LogP contribution in [0.3, 0.4) is 0 Å². The largest absolute Gasteiger partial charge is 0.396 e. The molecule has 0 aliphatic heterocycles. The molecule has 3 nitrogen and oxygen atoms in total.